The summed E-state index contributed by atoms with van der Waals surface area (Å²) in [5.41, 5.74) is 8.78. The van der Waals surface area contributed by atoms with Gasteiger partial charge in [-0.15, -0.1) is 0 Å². The molecular weight excluding hydrogens is 426 g/mol. The summed E-state index contributed by atoms with van der Waals surface area (Å²) in [4.78, 5) is 13.4. The van der Waals surface area contributed by atoms with Crippen LogP contribution in [0, 0.1) is 21.7 Å². The minimum Gasteiger partial charge on any atom is -0.321 e. The van der Waals surface area contributed by atoms with Gasteiger partial charge in [-0.2, -0.15) is 0 Å². The average Bonchev–Trinajstić information content (AvgIpc) is 2.77. The Labute approximate surface area is 210 Å². The van der Waals surface area contributed by atoms with Gasteiger partial charge in [-0.25, -0.2) is 0 Å². The molecule has 180 valence electrons. The Kier molecular flexibility index (Phi) is 5.01. The van der Waals surface area contributed by atoms with Gasteiger partial charge in [0.15, 0.2) is 0 Å². The van der Waals surface area contributed by atoms with Crippen LogP contribution in [-0.2, 0) is 0 Å². The predicted molar refractivity (Wildman–Crippen MR) is 146 cm³/mol. The van der Waals surface area contributed by atoms with Crippen molar-refractivity contribution in [1.82, 2.24) is 5.32 Å². The fourth-order valence-corrected chi connectivity index (χ4v) is 6.07. The highest BCUT2D eigenvalue weighted by atomic mass is 16.1. The highest BCUT2D eigenvalue weighted by molar-refractivity contribution is 5.96. The maximum Gasteiger partial charge on any atom is 0.255 e. The molecule has 0 aliphatic heterocycles. The fourth-order valence-electron chi connectivity index (χ4n) is 6.07. The van der Waals surface area contributed by atoms with Crippen molar-refractivity contribution < 1.29 is 4.79 Å². The van der Waals surface area contributed by atoms with Crippen molar-refractivity contribution in [3.63, 3.8) is 0 Å². The van der Waals surface area contributed by atoms with Crippen LogP contribution in [0.4, 0.5) is 0 Å². The van der Waals surface area contributed by atoms with E-state index in [1.165, 1.54) is 33.4 Å². The monoisotopic (exact) mass is 463 g/mol. The van der Waals surface area contributed by atoms with E-state index in [1.54, 1.807) is 0 Å². The summed E-state index contributed by atoms with van der Waals surface area (Å²) < 4.78 is 0. The van der Waals surface area contributed by atoms with Crippen molar-refractivity contribution in [1.29, 1.82) is 0 Å². The van der Waals surface area contributed by atoms with Crippen molar-refractivity contribution in [2.45, 2.75) is 55.4 Å². The van der Waals surface area contributed by atoms with Gasteiger partial charge >= 0.3 is 0 Å². The first-order chi connectivity index (χ1) is 16.3. The molecule has 2 atom stereocenters. The molecule has 2 nitrogen and oxygen atoms in total. The first kappa shape index (κ1) is 23.6. The third-order valence-electron chi connectivity index (χ3n) is 8.55. The molecule has 0 heterocycles. The molecular formula is C33H37NO. The smallest absolute Gasteiger partial charge is 0.255 e. The fraction of sp³-hybridized carbons (Fsp3) is 0.364. The standard InChI is InChI=1S/C33H37NO/c1-30(2,3)25-18-22-14-15-24-20-27(31(4,5)6)28(34-29(35)21-12-10-9-11-13-21)26-17-16-23(19-25)32(22,7)33(24,26)8/h9-20H,1-8H3,(H,34,35)/t32-,33+/m0/s1. The Balaban J connectivity index is 1.75. The number of carbonyl (C=O) groups excluding carboxylic acids is 1. The van der Waals surface area contributed by atoms with Crippen LogP contribution in [0.1, 0.15) is 65.7 Å². The Hall–Kier alpha value is -3.13. The summed E-state index contributed by atoms with van der Waals surface area (Å²) in [6.07, 6.45) is 16.3. The number of benzene rings is 1. The lowest BCUT2D eigenvalue weighted by molar-refractivity contribution is 0.0963. The minimum atomic E-state index is -0.286. The van der Waals surface area contributed by atoms with Gasteiger partial charge in [-0.1, -0.05) is 116 Å². The van der Waals surface area contributed by atoms with Crippen LogP contribution in [-0.4, -0.2) is 5.91 Å². The molecule has 2 heteroatoms. The van der Waals surface area contributed by atoms with E-state index in [1.807, 2.05) is 30.3 Å². The molecule has 1 aromatic carbocycles. The molecule has 5 rings (SSSR count). The van der Waals surface area contributed by atoms with E-state index in [0.717, 1.165) is 5.70 Å². The van der Waals surface area contributed by atoms with E-state index in [9.17, 15) is 4.79 Å². The lowest BCUT2D eigenvalue weighted by atomic mass is 9.45. The molecule has 35 heavy (non-hydrogen) atoms. The molecule has 0 bridgehead atoms. The van der Waals surface area contributed by atoms with Gasteiger partial charge in [0.2, 0.25) is 0 Å². The number of amides is 1. The molecule has 0 saturated carbocycles. The van der Waals surface area contributed by atoms with E-state index in [2.05, 4.69) is 103 Å². The summed E-state index contributed by atoms with van der Waals surface area (Å²) in [5.74, 6) is -0.0655. The van der Waals surface area contributed by atoms with Crippen molar-refractivity contribution in [2.24, 2.45) is 21.7 Å². The molecule has 1 amide bonds. The zero-order valence-electron chi connectivity index (χ0n) is 22.3. The van der Waals surface area contributed by atoms with Crippen molar-refractivity contribution in [3.05, 3.63) is 118 Å². The zero-order chi connectivity index (χ0) is 25.4. The van der Waals surface area contributed by atoms with E-state index in [-0.39, 0.29) is 27.6 Å². The third kappa shape index (κ3) is 3.33. The molecule has 1 N–H and O–H groups in total. The summed E-state index contributed by atoms with van der Waals surface area (Å²) in [5, 5.41) is 3.36. The summed E-state index contributed by atoms with van der Waals surface area (Å²) in [6.45, 7) is 18.2. The summed E-state index contributed by atoms with van der Waals surface area (Å²) in [6, 6.07) is 9.51. The largest absolute Gasteiger partial charge is 0.321 e. The van der Waals surface area contributed by atoms with E-state index >= 15 is 0 Å². The SMILES string of the molecule is CC(C)(C)C1=CC2=CC=C3C(NC(=O)c4ccccc4)=C(C(C)(C)C)C=C4C=CC(=C1)[C@]2(C)[C@]43C. The van der Waals surface area contributed by atoms with Crippen LogP contribution in [0.5, 0.6) is 0 Å². The minimum absolute atomic E-state index is 0.0655. The molecule has 1 aromatic rings. The molecule has 0 spiro atoms. The van der Waals surface area contributed by atoms with E-state index in [0.29, 0.717) is 5.56 Å². The first-order valence-electron chi connectivity index (χ1n) is 12.7. The van der Waals surface area contributed by atoms with Crippen LogP contribution >= 0.6 is 0 Å². The Morgan fingerprint density at radius 3 is 1.97 bits per heavy atom. The van der Waals surface area contributed by atoms with Crippen LogP contribution in [0.25, 0.3) is 0 Å². The maximum atomic E-state index is 13.4. The molecule has 4 aliphatic carbocycles. The molecule has 4 aliphatic rings. The van der Waals surface area contributed by atoms with Gasteiger partial charge < -0.3 is 5.32 Å². The van der Waals surface area contributed by atoms with Crippen LogP contribution in [0.3, 0.4) is 0 Å². The van der Waals surface area contributed by atoms with Gasteiger partial charge in [-0.05, 0) is 56.4 Å². The van der Waals surface area contributed by atoms with Gasteiger partial charge in [0.05, 0.1) is 0 Å². The average molecular weight is 464 g/mol. The van der Waals surface area contributed by atoms with Gasteiger partial charge in [0, 0.05) is 22.1 Å². The Morgan fingerprint density at radius 2 is 1.37 bits per heavy atom. The normalized spacial score (nSPS) is 27.3. The second kappa shape index (κ2) is 7.43. The lowest BCUT2D eigenvalue weighted by Crippen LogP contribution is -2.50. The quantitative estimate of drug-likeness (QED) is 0.473. The highest BCUT2D eigenvalue weighted by Gasteiger charge is 2.58. The first-order valence-corrected chi connectivity index (χ1v) is 12.7. The van der Waals surface area contributed by atoms with E-state index < -0.39 is 0 Å². The van der Waals surface area contributed by atoms with Crippen LogP contribution in [0.15, 0.2) is 112 Å². The maximum absolute atomic E-state index is 13.4. The molecule has 0 radical (unpaired) electrons. The number of carbonyl (C=O) groups is 1. The van der Waals surface area contributed by atoms with Crippen LogP contribution in [0.2, 0.25) is 0 Å². The summed E-state index contributed by atoms with van der Waals surface area (Å²) >= 11 is 0. The predicted octanol–water partition coefficient (Wildman–Crippen LogP) is 8.02. The topological polar surface area (TPSA) is 29.1 Å². The zero-order valence-corrected chi connectivity index (χ0v) is 22.3. The number of allylic oxidation sites excluding steroid dienone is 13. The van der Waals surface area contributed by atoms with Crippen molar-refractivity contribution >= 4 is 5.91 Å². The van der Waals surface area contributed by atoms with Gasteiger partial charge in [-0.3, -0.25) is 4.79 Å². The van der Waals surface area contributed by atoms with Crippen LogP contribution < -0.4 is 5.32 Å². The van der Waals surface area contributed by atoms with Crippen molar-refractivity contribution in [3.8, 4) is 0 Å². The Bertz CT molecular complexity index is 1340. The summed E-state index contributed by atoms with van der Waals surface area (Å²) in [7, 11) is 0. The number of hydrogen-bond donors (Lipinski definition) is 1. The number of hydrogen-bond acceptors (Lipinski definition) is 1. The number of rotatable bonds is 2. The molecule has 0 saturated heterocycles. The highest BCUT2D eigenvalue weighted by Crippen LogP contribution is 2.67. The molecule has 0 fully saturated rings. The second-order valence-electron chi connectivity index (χ2n) is 12.7. The van der Waals surface area contributed by atoms with Crippen molar-refractivity contribution in [2.75, 3.05) is 0 Å². The molecule has 0 unspecified atom stereocenters. The lowest BCUT2D eigenvalue weighted by Gasteiger charge is -2.58. The Morgan fingerprint density at radius 1 is 0.743 bits per heavy atom. The third-order valence-corrected chi connectivity index (χ3v) is 8.55. The van der Waals surface area contributed by atoms with Gasteiger partial charge in [0.1, 0.15) is 0 Å². The molecule has 0 aromatic heterocycles. The van der Waals surface area contributed by atoms with E-state index in [4.69, 9.17) is 0 Å². The number of nitrogens with one attached hydrogen (secondary N) is 1. The second-order valence-corrected chi connectivity index (χ2v) is 12.7. The van der Waals surface area contributed by atoms with Gasteiger partial charge in [0.25, 0.3) is 5.91 Å².